The molecule has 136 valence electrons. The molecule has 0 bridgehead atoms. The van der Waals surface area contributed by atoms with E-state index in [1.807, 2.05) is 18.2 Å². The Morgan fingerprint density at radius 1 is 0.778 bits per heavy atom. The summed E-state index contributed by atoms with van der Waals surface area (Å²) in [5, 5.41) is 17.4. The number of rotatable bonds is 4. The van der Waals surface area contributed by atoms with Gasteiger partial charge in [-0.2, -0.15) is 0 Å². The minimum Gasteiger partial charge on any atom is -0.411 e. The highest BCUT2D eigenvalue weighted by molar-refractivity contribution is 5.89. The molecule has 1 saturated heterocycles. The van der Waals surface area contributed by atoms with Crippen molar-refractivity contribution >= 4 is 5.71 Å². The van der Waals surface area contributed by atoms with Crippen LogP contribution in [0.15, 0.2) is 96.2 Å². The van der Waals surface area contributed by atoms with Crippen LogP contribution in [0.4, 0.5) is 0 Å². The van der Waals surface area contributed by atoms with Crippen molar-refractivity contribution in [1.82, 2.24) is 5.32 Å². The van der Waals surface area contributed by atoms with Gasteiger partial charge in [-0.3, -0.25) is 0 Å². The Balaban J connectivity index is 1.70. The zero-order valence-electron chi connectivity index (χ0n) is 15.2. The zero-order chi connectivity index (χ0) is 18.5. The van der Waals surface area contributed by atoms with Gasteiger partial charge < -0.3 is 10.5 Å². The molecule has 1 fully saturated rings. The van der Waals surface area contributed by atoms with Gasteiger partial charge in [0.15, 0.2) is 0 Å². The Kier molecular flexibility index (Phi) is 5.31. The average molecular weight is 356 g/mol. The van der Waals surface area contributed by atoms with E-state index in [-0.39, 0.29) is 18.0 Å². The van der Waals surface area contributed by atoms with E-state index in [1.165, 1.54) is 16.7 Å². The van der Waals surface area contributed by atoms with Gasteiger partial charge in [0.1, 0.15) is 0 Å². The molecule has 3 nitrogen and oxygen atoms in total. The van der Waals surface area contributed by atoms with Crippen LogP contribution in [0.25, 0.3) is 0 Å². The monoisotopic (exact) mass is 356 g/mol. The van der Waals surface area contributed by atoms with E-state index in [1.54, 1.807) is 0 Å². The predicted molar refractivity (Wildman–Crippen MR) is 109 cm³/mol. The summed E-state index contributed by atoms with van der Waals surface area (Å²) in [6.45, 7) is 0. The predicted octanol–water partition coefficient (Wildman–Crippen LogP) is 5.15. The van der Waals surface area contributed by atoms with Gasteiger partial charge in [-0.05, 0) is 23.1 Å². The first-order valence-corrected chi connectivity index (χ1v) is 9.46. The quantitative estimate of drug-likeness (QED) is 0.501. The van der Waals surface area contributed by atoms with Crippen molar-refractivity contribution in [3.8, 4) is 0 Å². The molecule has 0 aromatic heterocycles. The highest BCUT2D eigenvalue weighted by atomic mass is 16.4. The minimum absolute atomic E-state index is 0.0938. The summed E-state index contributed by atoms with van der Waals surface area (Å²) >= 11 is 0. The van der Waals surface area contributed by atoms with Crippen LogP contribution >= 0.6 is 0 Å². The van der Waals surface area contributed by atoms with E-state index in [0.717, 1.165) is 12.1 Å². The third-order valence-electron chi connectivity index (χ3n) is 5.41. The lowest BCUT2D eigenvalue weighted by Gasteiger charge is -2.39. The summed E-state index contributed by atoms with van der Waals surface area (Å²) < 4.78 is 0. The van der Waals surface area contributed by atoms with Crippen LogP contribution in [0.2, 0.25) is 0 Å². The molecule has 1 aliphatic heterocycles. The van der Waals surface area contributed by atoms with Gasteiger partial charge in [0.05, 0.1) is 5.71 Å². The summed E-state index contributed by atoms with van der Waals surface area (Å²) in [6.07, 6.45) is 1.55. The molecule has 27 heavy (non-hydrogen) atoms. The van der Waals surface area contributed by atoms with Crippen LogP contribution < -0.4 is 5.32 Å². The molecule has 0 unspecified atom stereocenters. The van der Waals surface area contributed by atoms with E-state index < -0.39 is 0 Å². The Hall–Kier alpha value is -2.91. The minimum atomic E-state index is 0.0938. The molecule has 1 aliphatic rings. The number of nitrogens with one attached hydrogen (secondary N) is 1. The third-order valence-corrected chi connectivity index (χ3v) is 5.41. The number of hydrogen-bond acceptors (Lipinski definition) is 3. The Bertz CT molecular complexity index is 878. The second-order valence-corrected chi connectivity index (χ2v) is 7.11. The zero-order valence-corrected chi connectivity index (χ0v) is 15.2. The van der Waals surface area contributed by atoms with Crippen molar-refractivity contribution in [2.24, 2.45) is 11.1 Å². The molecule has 0 amide bonds. The van der Waals surface area contributed by atoms with Crippen molar-refractivity contribution < 1.29 is 5.21 Å². The van der Waals surface area contributed by atoms with Crippen molar-refractivity contribution in [3.63, 3.8) is 0 Å². The van der Waals surface area contributed by atoms with E-state index >= 15 is 0 Å². The summed E-state index contributed by atoms with van der Waals surface area (Å²) in [6, 6.07) is 31.5. The van der Waals surface area contributed by atoms with Crippen molar-refractivity contribution in [2.75, 3.05) is 0 Å². The molecule has 4 rings (SSSR count). The Labute approximate surface area is 160 Å². The smallest absolute Gasteiger partial charge is 0.0642 e. The summed E-state index contributed by atoms with van der Waals surface area (Å²) in [5.74, 6) is 0.111. The largest absolute Gasteiger partial charge is 0.411 e. The maximum atomic E-state index is 9.83. The van der Waals surface area contributed by atoms with Crippen LogP contribution in [0.5, 0.6) is 0 Å². The second kappa shape index (κ2) is 8.19. The van der Waals surface area contributed by atoms with E-state index in [9.17, 15) is 5.21 Å². The van der Waals surface area contributed by atoms with E-state index in [4.69, 9.17) is 0 Å². The molecule has 0 saturated carbocycles. The SMILES string of the molecule is ON=C1C[C@@H](c2ccccc2)N[C@@H](c2ccccc2)[C@@H]1Cc1ccccc1. The molecular weight excluding hydrogens is 332 g/mol. The van der Waals surface area contributed by atoms with Crippen LogP contribution in [0, 0.1) is 5.92 Å². The molecule has 0 spiro atoms. The molecule has 1 heterocycles. The van der Waals surface area contributed by atoms with Gasteiger partial charge in [0.25, 0.3) is 0 Å². The second-order valence-electron chi connectivity index (χ2n) is 7.11. The fraction of sp³-hybridized carbons (Fsp3) is 0.208. The van der Waals surface area contributed by atoms with Crippen molar-refractivity contribution in [2.45, 2.75) is 24.9 Å². The number of hydrogen-bond donors (Lipinski definition) is 2. The highest BCUT2D eigenvalue weighted by Gasteiger charge is 2.36. The van der Waals surface area contributed by atoms with Crippen LogP contribution in [-0.2, 0) is 6.42 Å². The van der Waals surface area contributed by atoms with Gasteiger partial charge in [-0.15, -0.1) is 0 Å². The summed E-state index contributed by atoms with van der Waals surface area (Å²) in [4.78, 5) is 0. The van der Waals surface area contributed by atoms with Gasteiger partial charge in [-0.1, -0.05) is 96.2 Å². The van der Waals surface area contributed by atoms with E-state index in [0.29, 0.717) is 6.42 Å². The van der Waals surface area contributed by atoms with E-state index in [2.05, 4.69) is 83.3 Å². The van der Waals surface area contributed by atoms with Crippen molar-refractivity contribution in [1.29, 1.82) is 0 Å². The first-order chi connectivity index (χ1) is 13.3. The maximum absolute atomic E-state index is 9.83. The standard InChI is InChI=1S/C24H24N2O/c27-26-23-17-22(19-12-6-2-7-13-19)25-24(20-14-8-3-9-15-20)21(23)16-18-10-4-1-5-11-18/h1-15,21-22,24-25,27H,16-17H2/t21-,22+,24+/m1/s1. The number of benzene rings is 3. The Morgan fingerprint density at radius 2 is 1.33 bits per heavy atom. The molecule has 3 heteroatoms. The Morgan fingerprint density at radius 3 is 1.93 bits per heavy atom. The fourth-order valence-corrected chi connectivity index (χ4v) is 4.05. The number of nitrogens with zero attached hydrogens (tertiary/aromatic N) is 1. The molecular formula is C24H24N2O. The average Bonchev–Trinajstić information content (AvgIpc) is 2.76. The maximum Gasteiger partial charge on any atom is 0.0642 e. The summed E-state index contributed by atoms with van der Waals surface area (Å²) in [5.41, 5.74) is 4.56. The fourth-order valence-electron chi connectivity index (χ4n) is 4.05. The molecule has 2 N–H and O–H groups in total. The lowest BCUT2D eigenvalue weighted by molar-refractivity contribution is 0.288. The van der Waals surface area contributed by atoms with Crippen LogP contribution in [0.1, 0.15) is 35.2 Å². The third kappa shape index (κ3) is 3.93. The normalized spacial score (nSPS) is 24.0. The van der Waals surface area contributed by atoms with Gasteiger partial charge >= 0.3 is 0 Å². The first kappa shape index (κ1) is 17.5. The van der Waals surface area contributed by atoms with Crippen LogP contribution in [0.3, 0.4) is 0 Å². The van der Waals surface area contributed by atoms with Gasteiger partial charge in [0, 0.05) is 24.4 Å². The van der Waals surface area contributed by atoms with Gasteiger partial charge in [0.2, 0.25) is 0 Å². The van der Waals surface area contributed by atoms with Crippen molar-refractivity contribution in [3.05, 3.63) is 108 Å². The number of oxime groups is 1. The molecule has 3 aromatic carbocycles. The topological polar surface area (TPSA) is 44.6 Å². The molecule has 0 aliphatic carbocycles. The van der Waals surface area contributed by atoms with Crippen LogP contribution in [-0.4, -0.2) is 10.9 Å². The molecule has 3 atom stereocenters. The molecule has 3 aromatic rings. The van der Waals surface area contributed by atoms with Gasteiger partial charge in [-0.25, -0.2) is 0 Å². The lowest BCUT2D eigenvalue weighted by atomic mass is 9.77. The lowest BCUT2D eigenvalue weighted by Crippen LogP contribution is -2.43. The number of piperidine rings is 1. The highest BCUT2D eigenvalue weighted by Crippen LogP contribution is 2.37. The summed E-state index contributed by atoms with van der Waals surface area (Å²) in [7, 11) is 0. The first-order valence-electron chi connectivity index (χ1n) is 9.46. The molecule has 0 radical (unpaired) electrons.